The molecule has 1 N–H and O–H groups in total. The molecule has 0 radical (unpaired) electrons. The van der Waals surface area contributed by atoms with Gasteiger partial charge in [-0.2, -0.15) is 0 Å². The molecule has 0 spiro atoms. The Morgan fingerprint density at radius 2 is 2.10 bits per heavy atom. The standard InChI is InChI=1S/C24H21FN2O2/c1-13-3-4-15(7-13)8-19-17-9-16(10-21(25)18(17)11-22(19)28)20-12-27-24-23(14(20)2)26-5-6-29-24/h3,7-10,12,26H,4-6,11H2,1-2H3/b19-8-. The molecule has 2 heterocycles. The van der Waals surface area contributed by atoms with Gasteiger partial charge in [0.1, 0.15) is 18.1 Å². The topological polar surface area (TPSA) is 51.2 Å². The van der Waals surface area contributed by atoms with E-state index in [0.717, 1.165) is 34.4 Å². The number of carbonyl (C=O) groups excluding carboxylic acids is 1. The van der Waals surface area contributed by atoms with Crippen LogP contribution in [0.15, 0.2) is 47.7 Å². The Hall–Kier alpha value is -3.21. The summed E-state index contributed by atoms with van der Waals surface area (Å²) in [6.45, 7) is 5.30. The second-order valence-corrected chi connectivity index (χ2v) is 7.77. The van der Waals surface area contributed by atoms with E-state index in [4.69, 9.17) is 4.74 Å². The van der Waals surface area contributed by atoms with Crippen LogP contribution >= 0.6 is 0 Å². The molecule has 3 aliphatic rings. The molecule has 4 nitrogen and oxygen atoms in total. The summed E-state index contributed by atoms with van der Waals surface area (Å²) in [6.07, 6.45) is 8.75. The highest BCUT2D eigenvalue weighted by molar-refractivity contribution is 6.26. The molecule has 0 saturated carbocycles. The summed E-state index contributed by atoms with van der Waals surface area (Å²) in [5.41, 5.74) is 7.40. The molecule has 0 saturated heterocycles. The first-order valence-corrected chi connectivity index (χ1v) is 9.83. The SMILES string of the molecule is CC1=CCC(/C=C2\C(=O)Cc3c(F)cc(-c4cnc5c(c4C)NCCO5)cc32)=C1. The third-order valence-electron chi connectivity index (χ3n) is 5.78. The van der Waals surface area contributed by atoms with Crippen molar-refractivity contribution in [3.05, 3.63) is 70.2 Å². The molecule has 0 fully saturated rings. The minimum absolute atomic E-state index is 0.0307. The van der Waals surface area contributed by atoms with Gasteiger partial charge in [-0.15, -0.1) is 0 Å². The van der Waals surface area contributed by atoms with Gasteiger partial charge < -0.3 is 10.1 Å². The number of hydrogen-bond donors (Lipinski definition) is 1. The van der Waals surface area contributed by atoms with Gasteiger partial charge in [-0.05, 0) is 60.7 Å². The molecule has 0 bridgehead atoms. The Kier molecular flexibility index (Phi) is 4.12. The van der Waals surface area contributed by atoms with Crippen LogP contribution in [0, 0.1) is 12.7 Å². The third kappa shape index (κ3) is 2.97. The fraction of sp³-hybridized carbons (Fsp3) is 0.250. The summed E-state index contributed by atoms with van der Waals surface area (Å²) in [5.74, 6) is 0.202. The maximum absolute atomic E-state index is 15.0. The molecule has 146 valence electrons. The van der Waals surface area contributed by atoms with Gasteiger partial charge in [0, 0.05) is 35.9 Å². The van der Waals surface area contributed by atoms with E-state index in [1.54, 1.807) is 6.20 Å². The minimum atomic E-state index is -0.342. The lowest BCUT2D eigenvalue weighted by molar-refractivity contribution is -0.112. The smallest absolute Gasteiger partial charge is 0.237 e. The van der Waals surface area contributed by atoms with Crippen molar-refractivity contribution >= 4 is 17.0 Å². The number of halogens is 1. The number of rotatable bonds is 2. The Morgan fingerprint density at radius 3 is 2.90 bits per heavy atom. The quantitative estimate of drug-likeness (QED) is 0.752. The number of pyridine rings is 1. The zero-order valence-corrected chi connectivity index (χ0v) is 16.4. The molecule has 0 amide bonds. The second-order valence-electron chi connectivity index (χ2n) is 7.77. The number of nitrogens with one attached hydrogen (secondary N) is 1. The fourth-order valence-corrected chi connectivity index (χ4v) is 4.26. The lowest BCUT2D eigenvalue weighted by atomic mass is 9.95. The summed E-state index contributed by atoms with van der Waals surface area (Å²) in [7, 11) is 0. The van der Waals surface area contributed by atoms with Crippen LogP contribution in [0.1, 0.15) is 30.0 Å². The van der Waals surface area contributed by atoms with Crippen LogP contribution in [0.5, 0.6) is 5.88 Å². The Bertz CT molecular complexity index is 1160. The first kappa shape index (κ1) is 17.9. The number of hydrogen-bond acceptors (Lipinski definition) is 4. The largest absolute Gasteiger partial charge is 0.474 e. The van der Waals surface area contributed by atoms with Crippen LogP contribution in [-0.4, -0.2) is 23.9 Å². The minimum Gasteiger partial charge on any atom is -0.474 e. The average Bonchev–Trinajstić information content (AvgIpc) is 3.26. The molecule has 1 aromatic heterocycles. The second kappa shape index (κ2) is 6.69. The van der Waals surface area contributed by atoms with Crippen molar-refractivity contribution in [2.24, 2.45) is 0 Å². The van der Waals surface area contributed by atoms with Crippen molar-refractivity contribution in [2.45, 2.75) is 26.7 Å². The van der Waals surface area contributed by atoms with Gasteiger partial charge >= 0.3 is 0 Å². The molecule has 0 atom stereocenters. The van der Waals surface area contributed by atoms with Crippen molar-refractivity contribution < 1.29 is 13.9 Å². The Balaban J connectivity index is 1.62. The molecular formula is C24H21FN2O2. The predicted molar refractivity (Wildman–Crippen MR) is 111 cm³/mol. The van der Waals surface area contributed by atoms with Crippen LogP contribution in [0.25, 0.3) is 16.7 Å². The highest BCUT2D eigenvalue weighted by Gasteiger charge is 2.29. The van der Waals surface area contributed by atoms with Gasteiger partial charge in [0.25, 0.3) is 0 Å². The number of ketones is 1. The van der Waals surface area contributed by atoms with E-state index in [0.29, 0.717) is 35.7 Å². The number of carbonyl (C=O) groups is 1. The van der Waals surface area contributed by atoms with E-state index in [1.165, 1.54) is 11.6 Å². The van der Waals surface area contributed by atoms with E-state index in [1.807, 2.05) is 26.0 Å². The lowest BCUT2D eigenvalue weighted by Crippen LogP contribution is -2.20. The van der Waals surface area contributed by atoms with Crippen molar-refractivity contribution in [2.75, 3.05) is 18.5 Å². The number of aromatic nitrogens is 1. The van der Waals surface area contributed by atoms with Gasteiger partial charge in [0.2, 0.25) is 5.88 Å². The molecule has 1 aromatic carbocycles. The summed E-state index contributed by atoms with van der Waals surface area (Å²) in [5, 5.41) is 3.32. The number of allylic oxidation sites excluding steroid dienone is 6. The van der Waals surface area contributed by atoms with Gasteiger partial charge in [-0.25, -0.2) is 9.37 Å². The molecule has 5 rings (SSSR count). The zero-order valence-electron chi connectivity index (χ0n) is 16.4. The summed E-state index contributed by atoms with van der Waals surface area (Å²) in [4.78, 5) is 17.0. The molecule has 2 aromatic rings. The maximum Gasteiger partial charge on any atom is 0.237 e. The highest BCUT2D eigenvalue weighted by atomic mass is 19.1. The molecule has 1 aliphatic heterocycles. The molecule has 2 aliphatic carbocycles. The van der Waals surface area contributed by atoms with Crippen LogP contribution in [0.2, 0.25) is 0 Å². The summed E-state index contributed by atoms with van der Waals surface area (Å²) >= 11 is 0. The number of fused-ring (bicyclic) bond motifs is 2. The summed E-state index contributed by atoms with van der Waals surface area (Å²) in [6, 6.07) is 3.43. The van der Waals surface area contributed by atoms with Gasteiger partial charge in [-0.1, -0.05) is 17.7 Å². The van der Waals surface area contributed by atoms with E-state index >= 15 is 0 Å². The van der Waals surface area contributed by atoms with Crippen LogP contribution < -0.4 is 10.1 Å². The van der Waals surface area contributed by atoms with Crippen LogP contribution in [0.3, 0.4) is 0 Å². The van der Waals surface area contributed by atoms with Crippen LogP contribution in [-0.2, 0) is 11.2 Å². The van der Waals surface area contributed by atoms with E-state index in [-0.39, 0.29) is 18.0 Å². The van der Waals surface area contributed by atoms with Gasteiger partial charge in [-0.3, -0.25) is 4.79 Å². The maximum atomic E-state index is 15.0. The van der Waals surface area contributed by atoms with Crippen molar-refractivity contribution in [3.8, 4) is 17.0 Å². The highest BCUT2D eigenvalue weighted by Crippen LogP contribution is 2.40. The third-order valence-corrected chi connectivity index (χ3v) is 5.78. The number of Topliss-reactive ketones (excluding diaryl/α,β-unsaturated/α-hetero) is 1. The number of anilines is 1. The van der Waals surface area contributed by atoms with E-state index < -0.39 is 0 Å². The van der Waals surface area contributed by atoms with Crippen LogP contribution in [0.4, 0.5) is 10.1 Å². The molecular weight excluding hydrogens is 367 g/mol. The Labute approximate surface area is 168 Å². The first-order chi connectivity index (χ1) is 14.0. The average molecular weight is 388 g/mol. The van der Waals surface area contributed by atoms with Gasteiger partial charge in [0.15, 0.2) is 5.78 Å². The normalized spacial score (nSPS) is 18.7. The fourth-order valence-electron chi connectivity index (χ4n) is 4.26. The number of nitrogens with zero attached hydrogens (tertiary/aromatic N) is 1. The molecule has 29 heavy (non-hydrogen) atoms. The van der Waals surface area contributed by atoms with Gasteiger partial charge in [0.05, 0.1) is 0 Å². The summed E-state index contributed by atoms with van der Waals surface area (Å²) < 4.78 is 20.6. The lowest BCUT2D eigenvalue weighted by Gasteiger charge is -2.21. The monoisotopic (exact) mass is 388 g/mol. The van der Waals surface area contributed by atoms with Crippen molar-refractivity contribution in [1.29, 1.82) is 0 Å². The zero-order chi connectivity index (χ0) is 20.1. The number of benzene rings is 1. The predicted octanol–water partition coefficient (Wildman–Crippen LogP) is 4.79. The van der Waals surface area contributed by atoms with Crippen molar-refractivity contribution in [1.82, 2.24) is 4.98 Å². The Morgan fingerprint density at radius 1 is 1.24 bits per heavy atom. The molecule has 5 heteroatoms. The van der Waals surface area contributed by atoms with E-state index in [9.17, 15) is 9.18 Å². The van der Waals surface area contributed by atoms with E-state index in [2.05, 4.69) is 22.5 Å². The van der Waals surface area contributed by atoms with Crippen molar-refractivity contribution in [3.63, 3.8) is 0 Å². The number of ether oxygens (including phenoxy) is 1. The first-order valence-electron chi connectivity index (χ1n) is 9.83. The molecule has 0 unspecified atom stereocenters.